The maximum Gasteiger partial charge on any atom is 0.318 e. The zero-order valence-corrected chi connectivity index (χ0v) is 18.7. The first-order valence-electron chi connectivity index (χ1n) is 8.65. The number of halogens is 2. The van der Waals surface area contributed by atoms with Gasteiger partial charge >= 0.3 is 11.4 Å². The van der Waals surface area contributed by atoms with Crippen molar-refractivity contribution in [3.05, 3.63) is 81.4 Å². The fourth-order valence-electron chi connectivity index (χ4n) is 3.42. The first kappa shape index (κ1) is 21.6. The molecular weight excluding hydrogens is 556 g/mol. The molecular formula is C20H8Br2N2O8. The number of nitro groups is 2. The van der Waals surface area contributed by atoms with Crippen molar-refractivity contribution >= 4 is 60.5 Å². The third kappa shape index (κ3) is 3.15. The molecule has 2 aliphatic rings. The minimum absolute atomic E-state index is 0.0646. The Morgan fingerprint density at radius 3 is 2.25 bits per heavy atom. The number of nitrogens with zero attached hydrogens (tertiary/aromatic N) is 2. The summed E-state index contributed by atoms with van der Waals surface area (Å²) < 4.78 is 5.37. The Bertz CT molecular complexity index is 1510. The number of carbonyl (C=O) groups is 1. The van der Waals surface area contributed by atoms with Crippen LogP contribution in [0.15, 0.2) is 54.6 Å². The van der Waals surface area contributed by atoms with Gasteiger partial charge in [-0.25, -0.2) is 0 Å². The number of benzene rings is 3. The van der Waals surface area contributed by atoms with E-state index in [2.05, 4.69) is 31.9 Å². The van der Waals surface area contributed by atoms with Crippen LogP contribution in [0.25, 0.3) is 33.4 Å². The first-order valence-corrected chi connectivity index (χ1v) is 10.2. The Morgan fingerprint density at radius 1 is 0.969 bits per heavy atom. The van der Waals surface area contributed by atoms with Gasteiger partial charge in [0.25, 0.3) is 5.43 Å². The van der Waals surface area contributed by atoms with E-state index < -0.39 is 32.4 Å². The van der Waals surface area contributed by atoms with Gasteiger partial charge in [0.15, 0.2) is 17.6 Å². The number of non-ortho nitro benzene ring substituents is 1. The molecule has 0 aromatic heterocycles. The summed E-state index contributed by atoms with van der Waals surface area (Å²) in [6.07, 6.45) is 0.562. The van der Waals surface area contributed by atoms with Gasteiger partial charge < -0.3 is 9.52 Å². The van der Waals surface area contributed by atoms with Gasteiger partial charge in [0.1, 0.15) is 8.95 Å². The second-order valence-corrected chi connectivity index (χ2v) is 8.13. The number of phenolic OH excluding ortho intramolecular Hbond substituents is 1. The van der Waals surface area contributed by atoms with Crippen molar-refractivity contribution in [1.29, 1.82) is 0 Å². The molecule has 0 amide bonds. The van der Waals surface area contributed by atoms with Gasteiger partial charge in [-0.1, -0.05) is 24.3 Å². The number of rotatable bonds is 4. The highest BCUT2D eigenvalue weighted by atomic mass is 79.9. The van der Waals surface area contributed by atoms with Crippen LogP contribution in [-0.2, 0) is 0 Å². The summed E-state index contributed by atoms with van der Waals surface area (Å²) >= 11 is 6.13. The molecule has 0 unspecified atom stereocenters. The molecule has 0 radical (unpaired) electrons. The Kier molecular flexibility index (Phi) is 5.26. The van der Waals surface area contributed by atoms with E-state index in [1.54, 1.807) is 18.2 Å². The highest BCUT2D eigenvalue weighted by Crippen LogP contribution is 2.49. The van der Waals surface area contributed by atoms with Gasteiger partial charge in [0.05, 0.1) is 9.85 Å². The Hall–Kier alpha value is -3.64. The van der Waals surface area contributed by atoms with Crippen LogP contribution >= 0.6 is 31.9 Å². The highest BCUT2D eigenvalue weighted by molar-refractivity contribution is 9.11. The van der Waals surface area contributed by atoms with Crippen molar-refractivity contribution < 1.29 is 24.2 Å². The van der Waals surface area contributed by atoms with Gasteiger partial charge in [-0.05, 0) is 37.4 Å². The highest BCUT2D eigenvalue weighted by Gasteiger charge is 2.31. The van der Waals surface area contributed by atoms with Crippen molar-refractivity contribution in [2.75, 3.05) is 0 Å². The molecule has 2 aromatic rings. The molecule has 0 saturated carbocycles. The van der Waals surface area contributed by atoms with E-state index in [-0.39, 0.29) is 42.4 Å². The Morgan fingerprint density at radius 2 is 1.62 bits per heavy atom. The van der Waals surface area contributed by atoms with Crippen LogP contribution < -0.4 is 5.43 Å². The number of phenols is 1. The van der Waals surface area contributed by atoms with Crippen molar-refractivity contribution in [3.63, 3.8) is 0 Å². The minimum Gasteiger partial charge on any atom is -0.501 e. The van der Waals surface area contributed by atoms with Gasteiger partial charge in [-0.3, -0.25) is 29.8 Å². The molecule has 1 aliphatic carbocycles. The van der Waals surface area contributed by atoms with Crippen LogP contribution in [0.2, 0.25) is 0 Å². The average molecular weight is 564 g/mol. The normalized spacial score (nSPS) is 11.1. The number of aldehydes is 1. The minimum atomic E-state index is -0.942. The molecule has 0 bridgehead atoms. The molecule has 160 valence electrons. The van der Waals surface area contributed by atoms with Crippen molar-refractivity contribution in [1.82, 2.24) is 0 Å². The summed E-state index contributed by atoms with van der Waals surface area (Å²) in [5, 5.41) is 33.3. The van der Waals surface area contributed by atoms with Crippen LogP contribution in [0.4, 0.5) is 11.4 Å². The van der Waals surface area contributed by atoms with Gasteiger partial charge in [-0.2, -0.15) is 0 Å². The monoisotopic (exact) mass is 562 g/mol. The van der Waals surface area contributed by atoms with Crippen LogP contribution in [0.1, 0.15) is 10.4 Å². The molecule has 1 aliphatic heterocycles. The zero-order chi connectivity index (χ0) is 23.3. The van der Waals surface area contributed by atoms with Gasteiger partial charge in [-0.15, -0.1) is 0 Å². The third-order valence-corrected chi connectivity index (χ3v) is 6.28. The van der Waals surface area contributed by atoms with Crippen LogP contribution in [0, 0.1) is 20.2 Å². The van der Waals surface area contributed by atoms with Crippen molar-refractivity contribution in [3.8, 4) is 28.2 Å². The van der Waals surface area contributed by atoms with Gasteiger partial charge in [0, 0.05) is 34.2 Å². The molecule has 2 aromatic carbocycles. The maximum absolute atomic E-state index is 12.5. The van der Waals surface area contributed by atoms with E-state index in [9.17, 15) is 34.9 Å². The second kappa shape index (κ2) is 7.80. The number of aromatic hydroxyl groups is 1. The van der Waals surface area contributed by atoms with Crippen LogP contribution in [0.3, 0.4) is 0 Å². The predicted octanol–water partition coefficient (Wildman–Crippen LogP) is 5.42. The van der Waals surface area contributed by atoms with Crippen molar-refractivity contribution in [2.24, 2.45) is 0 Å². The average Bonchev–Trinajstić information content (AvgIpc) is 2.77. The van der Waals surface area contributed by atoms with E-state index in [0.717, 1.165) is 12.1 Å². The molecule has 0 atom stereocenters. The summed E-state index contributed by atoms with van der Waals surface area (Å²) in [7, 11) is 0. The Labute approximate surface area is 194 Å². The largest absolute Gasteiger partial charge is 0.501 e. The summed E-state index contributed by atoms with van der Waals surface area (Å²) in [5.74, 6) is -0.807. The molecule has 10 nitrogen and oxygen atoms in total. The number of nitro benzene ring substituents is 2. The quantitative estimate of drug-likeness (QED) is 0.149. The molecule has 12 heteroatoms. The maximum atomic E-state index is 12.5. The number of hydrogen-bond donors (Lipinski definition) is 1. The lowest BCUT2D eigenvalue weighted by Crippen LogP contribution is -2.11. The second-order valence-electron chi connectivity index (χ2n) is 6.55. The molecule has 1 heterocycles. The van der Waals surface area contributed by atoms with E-state index in [0.29, 0.717) is 11.8 Å². The van der Waals surface area contributed by atoms with E-state index in [4.69, 9.17) is 4.42 Å². The standard InChI is InChI=1S/C20H8Br2N2O8/c21-15-17(26)12(23(28)29)5-10-14(9-4-2-1-3-8(9)7-25)11-6-13(24(30)31)18(27)16(22)20(11)32-19(10)15/h1-7,26H. The van der Waals surface area contributed by atoms with E-state index >= 15 is 0 Å². The number of hydrogen-bond acceptors (Lipinski definition) is 8. The lowest BCUT2D eigenvalue weighted by atomic mass is 9.90. The molecule has 32 heavy (non-hydrogen) atoms. The van der Waals surface area contributed by atoms with Crippen LogP contribution in [-0.4, -0.2) is 21.2 Å². The van der Waals surface area contributed by atoms with E-state index in [1.807, 2.05) is 0 Å². The third-order valence-electron chi connectivity index (χ3n) is 4.83. The molecule has 0 fully saturated rings. The number of fused-ring (bicyclic) bond motifs is 2. The first-order chi connectivity index (χ1) is 15.2. The summed E-state index contributed by atoms with van der Waals surface area (Å²) in [4.78, 5) is 45.5. The number of carbonyl (C=O) groups excluding carboxylic acids is 1. The van der Waals surface area contributed by atoms with Crippen molar-refractivity contribution in [2.45, 2.75) is 0 Å². The lowest BCUT2D eigenvalue weighted by Gasteiger charge is -2.18. The smallest absolute Gasteiger partial charge is 0.318 e. The summed E-state index contributed by atoms with van der Waals surface area (Å²) in [6, 6.07) is 8.30. The predicted molar refractivity (Wildman–Crippen MR) is 120 cm³/mol. The Balaban J connectivity index is 2.37. The topological polar surface area (TPSA) is 154 Å². The lowest BCUT2D eigenvalue weighted by molar-refractivity contribution is -0.386. The SMILES string of the molecule is O=Cc1ccccc1-c1c2cc([N+](=O)[O-])c(=O)c(Br)c-2oc2c(Br)c(O)c([N+](=O)[O-])cc12. The molecule has 0 spiro atoms. The van der Waals surface area contributed by atoms with Gasteiger partial charge in [0.2, 0.25) is 5.75 Å². The fourth-order valence-corrected chi connectivity index (χ4v) is 4.42. The van der Waals surface area contributed by atoms with E-state index in [1.165, 1.54) is 6.07 Å². The van der Waals surface area contributed by atoms with Crippen LogP contribution in [0.5, 0.6) is 5.75 Å². The fraction of sp³-hybridized carbons (Fsp3) is 0. The molecule has 1 N–H and O–H groups in total. The zero-order valence-electron chi connectivity index (χ0n) is 15.5. The molecule has 4 rings (SSSR count). The summed E-state index contributed by atoms with van der Waals surface area (Å²) in [6.45, 7) is 0. The summed E-state index contributed by atoms with van der Waals surface area (Å²) in [5.41, 5.74) is -1.69. The molecule has 0 saturated heterocycles.